The molecule has 19 heavy (non-hydrogen) atoms. The summed E-state index contributed by atoms with van der Waals surface area (Å²) in [5.74, 6) is 0.824. The Morgan fingerprint density at radius 2 is 2.21 bits per heavy atom. The monoisotopic (exact) mass is 264 g/mol. The van der Waals surface area contributed by atoms with Crippen molar-refractivity contribution >= 4 is 0 Å². The molecule has 0 spiro atoms. The van der Waals surface area contributed by atoms with E-state index in [1.807, 2.05) is 13.0 Å². The van der Waals surface area contributed by atoms with Crippen molar-refractivity contribution in [1.29, 1.82) is 0 Å². The van der Waals surface area contributed by atoms with E-state index >= 15 is 0 Å². The van der Waals surface area contributed by atoms with Gasteiger partial charge in [0.1, 0.15) is 18.2 Å². The molecule has 1 aromatic heterocycles. The van der Waals surface area contributed by atoms with Crippen LogP contribution in [0.15, 0.2) is 28.8 Å². The normalized spacial score (nSPS) is 10.7. The zero-order valence-electron chi connectivity index (χ0n) is 11.1. The molecule has 0 saturated heterocycles. The van der Waals surface area contributed by atoms with Crippen LogP contribution in [-0.2, 0) is 13.2 Å². The summed E-state index contributed by atoms with van der Waals surface area (Å²) < 4.78 is 23.9. The van der Waals surface area contributed by atoms with Crippen molar-refractivity contribution in [2.45, 2.75) is 27.0 Å². The third kappa shape index (κ3) is 3.79. The van der Waals surface area contributed by atoms with Crippen molar-refractivity contribution < 1.29 is 13.7 Å². The number of hydrogen-bond donors (Lipinski definition) is 1. The van der Waals surface area contributed by atoms with E-state index in [0.29, 0.717) is 23.6 Å². The standard InChI is InChI=1S/C14H17FN2O2/c1-3-16-8-11-6-13(19-17-11)9-18-12-5-4-10(2)14(15)7-12/h4-7,16H,3,8-9H2,1-2H3. The highest BCUT2D eigenvalue weighted by Crippen LogP contribution is 2.17. The first kappa shape index (κ1) is 13.5. The van der Waals surface area contributed by atoms with Gasteiger partial charge in [-0.15, -0.1) is 0 Å². The van der Waals surface area contributed by atoms with Crippen molar-refractivity contribution in [1.82, 2.24) is 10.5 Å². The lowest BCUT2D eigenvalue weighted by atomic mass is 10.2. The Bertz CT molecular complexity index is 540. The fraction of sp³-hybridized carbons (Fsp3) is 0.357. The van der Waals surface area contributed by atoms with Gasteiger partial charge in [-0.2, -0.15) is 0 Å². The van der Waals surface area contributed by atoms with Gasteiger partial charge < -0.3 is 14.6 Å². The van der Waals surface area contributed by atoms with Crippen LogP contribution in [0.4, 0.5) is 4.39 Å². The van der Waals surface area contributed by atoms with Crippen LogP contribution in [-0.4, -0.2) is 11.7 Å². The van der Waals surface area contributed by atoms with E-state index in [4.69, 9.17) is 9.26 Å². The lowest BCUT2D eigenvalue weighted by Gasteiger charge is -2.04. The SMILES string of the molecule is CCNCc1cc(COc2ccc(C)c(F)c2)on1. The van der Waals surface area contributed by atoms with Gasteiger partial charge in [0.2, 0.25) is 0 Å². The molecule has 0 radical (unpaired) electrons. The predicted octanol–water partition coefficient (Wildman–Crippen LogP) is 2.81. The summed E-state index contributed by atoms with van der Waals surface area (Å²) in [6.07, 6.45) is 0. The minimum absolute atomic E-state index is 0.238. The first-order valence-electron chi connectivity index (χ1n) is 6.23. The summed E-state index contributed by atoms with van der Waals surface area (Å²) in [4.78, 5) is 0. The molecule has 0 aliphatic rings. The first-order valence-corrected chi connectivity index (χ1v) is 6.23. The lowest BCUT2D eigenvalue weighted by Crippen LogP contribution is -2.11. The second-order valence-electron chi connectivity index (χ2n) is 4.26. The van der Waals surface area contributed by atoms with Gasteiger partial charge in [0.15, 0.2) is 5.76 Å². The number of benzene rings is 1. The Morgan fingerprint density at radius 3 is 2.95 bits per heavy atom. The van der Waals surface area contributed by atoms with Crippen LogP contribution in [0, 0.1) is 12.7 Å². The van der Waals surface area contributed by atoms with Crippen molar-refractivity contribution in [2.75, 3.05) is 6.54 Å². The maximum atomic E-state index is 13.3. The highest BCUT2D eigenvalue weighted by Gasteiger charge is 2.06. The van der Waals surface area contributed by atoms with Crippen LogP contribution in [0.2, 0.25) is 0 Å². The lowest BCUT2D eigenvalue weighted by molar-refractivity contribution is 0.247. The minimum atomic E-state index is -0.275. The third-order valence-electron chi connectivity index (χ3n) is 2.69. The molecule has 102 valence electrons. The zero-order chi connectivity index (χ0) is 13.7. The molecule has 4 nitrogen and oxygen atoms in total. The van der Waals surface area contributed by atoms with Crippen LogP contribution >= 0.6 is 0 Å². The molecular formula is C14H17FN2O2. The molecule has 1 N–H and O–H groups in total. The smallest absolute Gasteiger partial charge is 0.174 e. The van der Waals surface area contributed by atoms with E-state index < -0.39 is 0 Å². The Labute approximate surface area is 111 Å². The predicted molar refractivity (Wildman–Crippen MR) is 69.4 cm³/mol. The van der Waals surface area contributed by atoms with Gasteiger partial charge in [0.25, 0.3) is 0 Å². The van der Waals surface area contributed by atoms with Crippen molar-refractivity contribution in [3.8, 4) is 5.75 Å². The molecule has 2 aromatic rings. The number of rotatable bonds is 6. The van der Waals surface area contributed by atoms with Crippen LogP contribution in [0.1, 0.15) is 23.9 Å². The van der Waals surface area contributed by atoms with E-state index in [1.165, 1.54) is 6.07 Å². The molecule has 0 fully saturated rings. The maximum Gasteiger partial charge on any atom is 0.174 e. The summed E-state index contributed by atoms with van der Waals surface area (Å²) in [5, 5.41) is 7.06. The number of nitrogens with one attached hydrogen (secondary N) is 1. The van der Waals surface area contributed by atoms with Gasteiger partial charge in [-0.25, -0.2) is 4.39 Å². The van der Waals surface area contributed by atoms with Crippen LogP contribution < -0.4 is 10.1 Å². The molecule has 0 unspecified atom stereocenters. The number of hydrogen-bond acceptors (Lipinski definition) is 4. The summed E-state index contributed by atoms with van der Waals surface area (Å²) in [6.45, 7) is 5.51. The Hall–Kier alpha value is -1.88. The number of ether oxygens (including phenoxy) is 1. The fourth-order valence-electron chi connectivity index (χ4n) is 1.58. The Kier molecular flexibility index (Phi) is 4.52. The highest BCUT2D eigenvalue weighted by atomic mass is 19.1. The molecule has 0 bridgehead atoms. The van der Waals surface area contributed by atoms with Crippen molar-refractivity contribution in [3.05, 3.63) is 47.1 Å². The van der Waals surface area contributed by atoms with Crippen LogP contribution in [0.3, 0.4) is 0 Å². The summed E-state index contributed by atoms with van der Waals surface area (Å²) in [6, 6.07) is 6.61. The van der Waals surface area contributed by atoms with E-state index in [2.05, 4.69) is 10.5 Å². The van der Waals surface area contributed by atoms with E-state index in [1.54, 1.807) is 19.1 Å². The average Bonchev–Trinajstić information content (AvgIpc) is 2.86. The highest BCUT2D eigenvalue weighted by molar-refractivity contribution is 5.28. The molecule has 0 saturated carbocycles. The molecule has 1 aromatic carbocycles. The molecule has 0 amide bonds. The van der Waals surface area contributed by atoms with Crippen LogP contribution in [0.25, 0.3) is 0 Å². The maximum absolute atomic E-state index is 13.3. The summed E-state index contributed by atoms with van der Waals surface area (Å²) >= 11 is 0. The molecule has 2 rings (SSSR count). The molecule has 1 heterocycles. The Balaban J connectivity index is 1.91. The molecule has 0 atom stereocenters. The van der Waals surface area contributed by atoms with Gasteiger partial charge in [0, 0.05) is 18.7 Å². The van der Waals surface area contributed by atoms with E-state index in [0.717, 1.165) is 12.2 Å². The minimum Gasteiger partial charge on any atom is -0.485 e. The van der Waals surface area contributed by atoms with Gasteiger partial charge >= 0.3 is 0 Å². The van der Waals surface area contributed by atoms with E-state index in [9.17, 15) is 4.39 Å². The Morgan fingerprint density at radius 1 is 1.37 bits per heavy atom. The largest absolute Gasteiger partial charge is 0.485 e. The molecule has 0 aliphatic heterocycles. The average molecular weight is 264 g/mol. The second kappa shape index (κ2) is 6.33. The number of halogens is 1. The van der Waals surface area contributed by atoms with Gasteiger partial charge in [-0.1, -0.05) is 18.1 Å². The first-order chi connectivity index (χ1) is 9.19. The van der Waals surface area contributed by atoms with Gasteiger partial charge in [0.05, 0.1) is 5.69 Å². The second-order valence-corrected chi connectivity index (χ2v) is 4.26. The van der Waals surface area contributed by atoms with Gasteiger partial charge in [-0.05, 0) is 25.1 Å². The number of nitrogens with zero attached hydrogens (tertiary/aromatic N) is 1. The zero-order valence-corrected chi connectivity index (χ0v) is 11.1. The summed E-state index contributed by atoms with van der Waals surface area (Å²) in [7, 11) is 0. The van der Waals surface area contributed by atoms with Crippen molar-refractivity contribution in [2.24, 2.45) is 0 Å². The molecule has 0 aliphatic carbocycles. The van der Waals surface area contributed by atoms with Crippen molar-refractivity contribution in [3.63, 3.8) is 0 Å². The van der Waals surface area contributed by atoms with E-state index in [-0.39, 0.29) is 12.4 Å². The third-order valence-corrected chi connectivity index (χ3v) is 2.69. The molecular weight excluding hydrogens is 247 g/mol. The quantitative estimate of drug-likeness (QED) is 0.871. The van der Waals surface area contributed by atoms with Crippen LogP contribution in [0.5, 0.6) is 5.75 Å². The topological polar surface area (TPSA) is 47.3 Å². The molecule has 5 heteroatoms. The summed E-state index contributed by atoms with van der Waals surface area (Å²) in [5.41, 5.74) is 1.43. The fourth-order valence-corrected chi connectivity index (χ4v) is 1.58. The van der Waals surface area contributed by atoms with Gasteiger partial charge in [-0.3, -0.25) is 0 Å². The number of aromatic nitrogens is 1. The number of aryl methyl sites for hydroxylation is 1.